The molecule has 1 aromatic rings. The molecule has 2 rings (SSSR count). The molecular formula is C25H28F11NO4S. The highest BCUT2D eigenvalue weighted by atomic mass is 32.2. The highest BCUT2D eigenvalue weighted by Crippen LogP contribution is 2.57. The van der Waals surface area contributed by atoms with E-state index in [2.05, 4.69) is 0 Å². The molecule has 0 amide bonds. The number of benzene rings is 1. The number of sulfonamides is 1. The summed E-state index contributed by atoms with van der Waals surface area (Å²) in [5, 5.41) is 1.46. The summed E-state index contributed by atoms with van der Waals surface area (Å²) in [5.74, 6) is -15.3. The molecule has 1 aromatic carbocycles. The summed E-state index contributed by atoms with van der Waals surface area (Å²) in [4.78, 5) is 0. The molecule has 0 aliphatic heterocycles. The van der Waals surface area contributed by atoms with E-state index < -0.39 is 62.1 Å². The fraction of sp³-hybridized carbons (Fsp3) is 0.600. The van der Waals surface area contributed by atoms with Gasteiger partial charge in [-0.25, -0.2) is 8.42 Å². The summed E-state index contributed by atoms with van der Waals surface area (Å²) < 4.78 is 181. The Hall–Kier alpha value is -2.24. The third kappa shape index (κ3) is 6.48. The minimum absolute atomic E-state index is 0.101. The Kier molecular flexibility index (Phi) is 10.9. The van der Waals surface area contributed by atoms with Crippen molar-refractivity contribution in [3.8, 4) is 0 Å². The number of hydrogen-bond donors (Lipinski definition) is 1. The second-order valence-electron chi connectivity index (χ2n) is 9.59. The molecule has 1 aliphatic rings. The van der Waals surface area contributed by atoms with Gasteiger partial charge in [-0.2, -0.15) is 48.3 Å². The average Bonchev–Trinajstić information content (AvgIpc) is 2.91. The van der Waals surface area contributed by atoms with Crippen molar-refractivity contribution in [1.82, 2.24) is 4.31 Å². The summed E-state index contributed by atoms with van der Waals surface area (Å²) in [6.45, 7) is -1.40. The molecule has 0 saturated carbocycles. The van der Waals surface area contributed by atoms with E-state index >= 15 is 8.78 Å². The maximum Gasteiger partial charge on any atom is 0.460 e. The monoisotopic (exact) mass is 647 g/mol. The van der Waals surface area contributed by atoms with E-state index in [-0.39, 0.29) is 26.7 Å². The number of alkyl halides is 11. The maximum atomic E-state index is 15.9. The van der Waals surface area contributed by atoms with Crippen molar-refractivity contribution in [2.24, 2.45) is 5.41 Å². The number of hydrogen-bond acceptors (Lipinski definition) is 4. The molecule has 240 valence electrons. The van der Waals surface area contributed by atoms with E-state index in [0.717, 1.165) is 12.2 Å². The molecule has 0 spiro atoms. The van der Waals surface area contributed by atoms with E-state index in [4.69, 9.17) is 9.84 Å². The first-order chi connectivity index (χ1) is 19.1. The van der Waals surface area contributed by atoms with Crippen LogP contribution < -0.4 is 0 Å². The molecular weight excluding hydrogens is 619 g/mol. The largest absolute Gasteiger partial charge is 0.460 e. The van der Waals surface area contributed by atoms with Crippen LogP contribution in [0.4, 0.5) is 48.3 Å². The predicted octanol–water partition coefficient (Wildman–Crippen LogP) is 6.87. The van der Waals surface area contributed by atoms with Gasteiger partial charge in [-0.3, -0.25) is 0 Å². The van der Waals surface area contributed by atoms with Crippen LogP contribution in [0.1, 0.15) is 37.7 Å². The highest BCUT2D eigenvalue weighted by molar-refractivity contribution is 7.90. The van der Waals surface area contributed by atoms with Gasteiger partial charge in [-0.1, -0.05) is 61.4 Å². The SMILES string of the molecule is CN(C(F)(F)C1(COCCCCCCO)C=CC(c2ccccc2)=CC1)S(=O)(=O)C(F)(F)C(F)(F)C(F)(F)C(F)(F)F. The van der Waals surface area contributed by atoms with Gasteiger partial charge in [-0.15, -0.1) is 4.31 Å². The van der Waals surface area contributed by atoms with Gasteiger partial charge in [0.25, 0.3) is 10.0 Å². The lowest BCUT2D eigenvalue weighted by atomic mass is 9.77. The van der Waals surface area contributed by atoms with Gasteiger partial charge in [-0.05, 0) is 30.4 Å². The van der Waals surface area contributed by atoms with Crippen LogP contribution in [0.2, 0.25) is 0 Å². The first-order valence-electron chi connectivity index (χ1n) is 12.3. The molecule has 1 unspecified atom stereocenters. The van der Waals surface area contributed by atoms with Gasteiger partial charge in [0, 0.05) is 20.3 Å². The fourth-order valence-corrected chi connectivity index (χ4v) is 5.30. The van der Waals surface area contributed by atoms with E-state index in [9.17, 15) is 47.9 Å². The average molecular weight is 648 g/mol. The molecule has 17 heteroatoms. The van der Waals surface area contributed by atoms with Crippen molar-refractivity contribution in [1.29, 1.82) is 0 Å². The number of aliphatic hydroxyl groups excluding tert-OH is 1. The van der Waals surface area contributed by atoms with E-state index in [1.54, 1.807) is 30.3 Å². The van der Waals surface area contributed by atoms with Gasteiger partial charge >= 0.3 is 29.3 Å². The quantitative estimate of drug-likeness (QED) is 0.128. The zero-order chi connectivity index (χ0) is 32.3. The van der Waals surface area contributed by atoms with Crippen LogP contribution in [0.15, 0.2) is 48.6 Å². The lowest BCUT2D eigenvalue weighted by Gasteiger charge is -2.44. The highest BCUT2D eigenvalue weighted by Gasteiger charge is 2.86. The van der Waals surface area contributed by atoms with Gasteiger partial charge in [0.05, 0.1) is 12.0 Å². The third-order valence-electron chi connectivity index (χ3n) is 6.73. The van der Waals surface area contributed by atoms with Crippen LogP contribution >= 0.6 is 0 Å². The van der Waals surface area contributed by atoms with Crippen LogP contribution in [0.5, 0.6) is 0 Å². The van der Waals surface area contributed by atoms with Crippen LogP contribution in [0.3, 0.4) is 0 Å². The minimum Gasteiger partial charge on any atom is -0.396 e. The second kappa shape index (κ2) is 12.8. The van der Waals surface area contributed by atoms with Crippen LogP contribution in [-0.2, 0) is 14.8 Å². The zero-order valence-corrected chi connectivity index (χ0v) is 22.8. The Morgan fingerprint density at radius 1 is 0.881 bits per heavy atom. The lowest BCUT2D eigenvalue weighted by molar-refractivity contribution is -0.382. The molecule has 0 saturated heterocycles. The summed E-state index contributed by atoms with van der Waals surface area (Å²) in [6.07, 6.45) is -3.58. The molecule has 42 heavy (non-hydrogen) atoms. The normalized spacial score (nSPS) is 19.3. The zero-order valence-electron chi connectivity index (χ0n) is 22.0. The van der Waals surface area contributed by atoms with Crippen LogP contribution in [0.25, 0.3) is 5.57 Å². The van der Waals surface area contributed by atoms with Crippen molar-refractivity contribution in [3.05, 3.63) is 54.1 Å². The first kappa shape index (κ1) is 36.0. The number of aliphatic hydroxyl groups is 1. The number of halogens is 11. The van der Waals surface area contributed by atoms with Crippen molar-refractivity contribution >= 4 is 15.6 Å². The van der Waals surface area contributed by atoms with Gasteiger partial charge in [0.2, 0.25) is 0 Å². The van der Waals surface area contributed by atoms with E-state index in [1.165, 1.54) is 0 Å². The Balaban J connectivity index is 2.48. The molecule has 0 aromatic heterocycles. The molecule has 1 atom stereocenters. The first-order valence-corrected chi connectivity index (χ1v) is 13.8. The van der Waals surface area contributed by atoms with Crippen molar-refractivity contribution in [2.45, 2.75) is 61.4 Å². The number of nitrogens with zero attached hydrogens (tertiary/aromatic N) is 1. The number of allylic oxidation sites excluding steroid dienone is 3. The van der Waals surface area contributed by atoms with Gasteiger partial charge in [0.15, 0.2) is 0 Å². The summed E-state index contributed by atoms with van der Waals surface area (Å²) in [5.41, 5.74) is -2.06. The molecule has 1 aliphatic carbocycles. The summed E-state index contributed by atoms with van der Waals surface area (Å²) >= 11 is 0. The molecule has 1 N–H and O–H groups in total. The fourth-order valence-electron chi connectivity index (χ4n) is 4.02. The Bertz CT molecular complexity index is 1220. The van der Waals surface area contributed by atoms with Crippen LogP contribution in [-0.4, -0.2) is 74.0 Å². The molecule has 5 nitrogen and oxygen atoms in total. The minimum atomic E-state index is -7.68. The lowest BCUT2D eigenvalue weighted by Crippen LogP contribution is -2.67. The second-order valence-corrected chi connectivity index (χ2v) is 11.6. The van der Waals surface area contributed by atoms with Gasteiger partial charge < -0.3 is 9.84 Å². The molecule has 0 heterocycles. The third-order valence-corrected chi connectivity index (χ3v) is 8.58. The number of unbranched alkanes of at least 4 members (excludes halogenated alkanes) is 3. The van der Waals surface area contributed by atoms with Crippen molar-refractivity contribution < 1.29 is 66.6 Å². The Morgan fingerprint density at radius 3 is 1.95 bits per heavy atom. The number of rotatable bonds is 15. The van der Waals surface area contributed by atoms with Gasteiger partial charge in [0.1, 0.15) is 0 Å². The maximum absolute atomic E-state index is 15.9. The van der Waals surface area contributed by atoms with Crippen molar-refractivity contribution in [3.63, 3.8) is 0 Å². The smallest absolute Gasteiger partial charge is 0.396 e. The molecule has 0 fully saturated rings. The molecule has 0 radical (unpaired) electrons. The van der Waals surface area contributed by atoms with E-state index in [0.29, 0.717) is 36.5 Å². The predicted molar refractivity (Wildman–Crippen MR) is 130 cm³/mol. The topological polar surface area (TPSA) is 66.8 Å². The summed E-state index contributed by atoms with van der Waals surface area (Å²) in [7, 11) is -7.94. The standard InChI is InChI=1S/C25H28F11NO4S/c1-37(42(39,40)25(35,36)22(28,29)21(26,27)23(30,31)32)24(33,34)20(17-41-16-8-3-2-7-15-38)13-11-19(12-14-20)18-9-5-4-6-10-18/h4-6,9-13,38H,2-3,7-8,14-17H2,1H3. The van der Waals surface area contributed by atoms with Crippen molar-refractivity contribution in [2.75, 3.05) is 26.9 Å². The Morgan fingerprint density at radius 2 is 1.45 bits per heavy atom. The van der Waals surface area contributed by atoms with E-state index in [1.807, 2.05) is 0 Å². The summed E-state index contributed by atoms with van der Waals surface area (Å²) in [6, 6.07) is 2.86. The number of ether oxygens (including phenoxy) is 1. The van der Waals surface area contributed by atoms with Crippen LogP contribution in [0, 0.1) is 5.41 Å². The molecule has 0 bridgehead atoms. The Labute approximate surface area is 234 Å².